The Kier molecular flexibility index (Phi) is 6.17. The Hall–Kier alpha value is -0.160. The number of ether oxygens (including phenoxy) is 1. The van der Waals surface area contributed by atoms with Gasteiger partial charge in [0.15, 0.2) is 0 Å². The number of rotatable bonds is 7. The van der Waals surface area contributed by atoms with Gasteiger partial charge in [0.25, 0.3) is 0 Å². The van der Waals surface area contributed by atoms with Crippen molar-refractivity contribution in [3.63, 3.8) is 0 Å². The van der Waals surface area contributed by atoms with Crippen LogP contribution in [0.1, 0.15) is 26.2 Å². The minimum Gasteiger partial charge on any atom is -0.395 e. The lowest BCUT2D eigenvalue weighted by molar-refractivity contribution is 0.0499. The monoisotopic (exact) mass is 216 g/mol. The molecule has 0 spiro atoms. The molecule has 0 aromatic heterocycles. The second kappa shape index (κ2) is 7.17. The quantitative estimate of drug-likeness (QED) is 0.638. The van der Waals surface area contributed by atoms with E-state index in [-0.39, 0.29) is 12.7 Å². The van der Waals surface area contributed by atoms with Gasteiger partial charge < -0.3 is 15.6 Å². The second-order valence-corrected chi connectivity index (χ2v) is 4.12. The number of nitrogens with two attached hydrogens (primary N) is 1. The normalized spacial score (nSPS) is 24.6. The summed E-state index contributed by atoms with van der Waals surface area (Å²) in [7, 11) is 0. The minimum absolute atomic E-state index is 0.176. The summed E-state index contributed by atoms with van der Waals surface area (Å²) in [5.41, 5.74) is 5.62. The summed E-state index contributed by atoms with van der Waals surface area (Å²) in [5.74, 6) is 0. The smallest absolute Gasteiger partial charge is 0.0709 e. The van der Waals surface area contributed by atoms with Crippen LogP contribution in [-0.2, 0) is 4.74 Å². The molecule has 1 saturated heterocycles. The molecule has 2 atom stereocenters. The van der Waals surface area contributed by atoms with Crippen LogP contribution in [0.25, 0.3) is 0 Å². The van der Waals surface area contributed by atoms with Gasteiger partial charge in [0.1, 0.15) is 0 Å². The first-order chi connectivity index (χ1) is 7.31. The van der Waals surface area contributed by atoms with Crippen LogP contribution in [0.3, 0.4) is 0 Å². The van der Waals surface area contributed by atoms with E-state index >= 15 is 0 Å². The molecule has 1 aliphatic heterocycles. The lowest BCUT2D eigenvalue weighted by atomic mass is 10.2. The van der Waals surface area contributed by atoms with Crippen LogP contribution in [-0.4, -0.2) is 55.0 Å². The van der Waals surface area contributed by atoms with E-state index in [9.17, 15) is 0 Å². The van der Waals surface area contributed by atoms with E-state index in [2.05, 4.69) is 4.90 Å². The van der Waals surface area contributed by atoms with Crippen molar-refractivity contribution in [1.29, 1.82) is 0 Å². The van der Waals surface area contributed by atoms with E-state index in [1.807, 2.05) is 6.92 Å². The summed E-state index contributed by atoms with van der Waals surface area (Å²) in [5, 5.41) is 9.16. The zero-order valence-electron chi connectivity index (χ0n) is 9.69. The van der Waals surface area contributed by atoms with Crippen LogP contribution in [0.4, 0.5) is 0 Å². The molecular formula is C11H24N2O2. The van der Waals surface area contributed by atoms with Crippen molar-refractivity contribution < 1.29 is 9.84 Å². The average molecular weight is 216 g/mol. The summed E-state index contributed by atoms with van der Waals surface area (Å²) in [6.45, 7) is 5.69. The lowest BCUT2D eigenvalue weighted by Gasteiger charge is -2.24. The maximum Gasteiger partial charge on any atom is 0.0709 e. The standard InChI is InChI=1S/C11H24N2O2/c1-2-15-11(8-12)5-7-13-6-3-4-10(13)9-14/h10-11,14H,2-9,12H2,1H3. The average Bonchev–Trinajstić information content (AvgIpc) is 2.71. The molecule has 1 heterocycles. The van der Waals surface area contributed by atoms with E-state index in [0.717, 1.165) is 32.5 Å². The molecule has 0 aromatic rings. The summed E-state index contributed by atoms with van der Waals surface area (Å²) >= 11 is 0. The van der Waals surface area contributed by atoms with E-state index in [1.165, 1.54) is 6.42 Å². The van der Waals surface area contributed by atoms with Gasteiger partial charge in [-0.05, 0) is 32.7 Å². The molecule has 3 N–H and O–H groups in total. The molecule has 0 saturated carbocycles. The van der Waals surface area contributed by atoms with Crippen molar-refractivity contribution >= 4 is 0 Å². The van der Waals surface area contributed by atoms with Crippen LogP contribution in [0.5, 0.6) is 0 Å². The Balaban J connectivity index is 2.22. The number of hydrogen-bond donors (Lipinski definition) is 2. The zero-order valence-corrected chi connectivity index (χ0v) is 9.69. The van der Waals surface area contributed by atoms with Crippen molar-refractivity contribution in [2.24, 2.45) is 5.73 Å². The number of nitrogens with zero attached hydrogens (tertiary/aromatic N) is 1. The van der Waals surface area contributed by atoms with E-state index in [0.29, 0.717) is 12.6 Å². The molecule has 90 valence electrons. The predicted octanol–water partition coefficient (Wildman–Crippen LogP) is 0.197. The Morgan fingerprint density at radius 1 is 1.60 bits per heavy atom. The topological polar surface area (TPSA) is 58.7 Å². The highest BCUT2D eigenvalue weighted by Crippen LogP contribution is 2.17. The maximum atomic E-state index is 9.16. The van der Waals surface area contributed by atoms with Crippen molar-refractivity contribution in [2.45, 2.75) is 38.3 Å². The summed E-state index contributed by atoms with van der Waals surface area (Å²) < 4.78 is 5.51. The third kappa shape index (κ3) is 4.07. The van der Waals surface area contributed by atoms with Crippen molar-refractivity contribution in [2.75, 3.05) is 32.8 Å². The minimum atomic E-state index is 0.176. The molecule has 0 aromatic carbocycles. The summed E-state index contributed by atoms with van der Waals surface area (Å²) in [6.07, 6.45) is 3.47. The van der Waals surface area contributed by atoms with Gasteiger partial charge in [-0.25, -0.2) is 0 Å². The first-order valence-corrected chi connectivity index (χ1v) is 5.98. The number of aliphatic hydroxyl groups excluding tert-OH is 1. The Morgan fingerprint density at radius 3 is 3.00 bits per heavy atom. The SMILES string of the molecule is CCOC(CN)CCN1CCCC1CO. The molecule has 1 rings (SSSR count). The molecule has 15 heavy (non-hydrogen) atoms. The Labute approximate surface area is 92.4 Å². The van der Waals surface area contributed by atoms with Crippen LogP contribution in [0.15, 0.2) is 0 Å². The second-order valence-electron chi connectivity index (χ2n) is 4.12. The van der Waals surface area contributed by atoms with Crippen molar-refractivity contribution in [1.82, 2.24) is 4.90 Å². The fourth-order valence-corrected chi connectivity index (χ4v) is 2.21. The fraction of sp³-hybridized carbons (Fsp3) is 1.00. The Bertz CT molecular complexity index is 167. The molecule has 1 aliphatic rings. The van der Waals surface area contributed by atoms with E-state index in [1.54, 1.807) is 0 Å². The predicted molar refractivity (Wildman–Crippen MR) is 60.8 cm³/mol. The van der Waals surface area contributed by atoms with Crippen LogP contribution >= 0.6 is 0 Å². The number of likely N-dealkylation sites (tertiary alicyclic amines) is 1. The molecule has 1 fully saturated rings. The molecule has 0 bridgehead atoms. The van der Waals surface area contributed by atoms with Gasteiger partial charge >= 0.3 is 0 Å². The van der Waals surface area contributed by atoms with Gasteiger partial charge in [0.05, 0.1) is 12.7 Å². The molecular weight excluding hydrogens is 192 g/mol. The first-order valence-electron chi connectivity index (χ1n) is 5.98. The highest BCUT2D eigenvalue weighted by atomic mass is 16.5. The van der Waals surface area contributed by atoms with Gasteiger partial charge in [0, 0.05) is 25.7 Å². The summed E-state index contributed by atoms with van der Waals surface area (Å²) in [6, 6.07) is 0.366. The van der Waals surface area contributed by atoms with Crippen LogP contribution in [0, 0.1) is 0 Å². The largest absolute Gasteiger partial charge is 0.395 e. The van der Waals surface area contributed by atoms with Crippen LogP contribution in [0.2, 0.25) is 0 Å². The van der Waals surface area contributed by atoms with Gasteiger partial charge in [-0.3, -0.25) is 4.90 Å². The maximum absolute atomic E-state index is 9.16. The highest BCUT2D eigenvalue weighted by molar-refractivity contribution is 4.79. The van der Waals surface area contributed by atoms with Crippen molar-refractivity contribution in [3.05, 3.63) is 0 Å². The number of hydrogen-bond acceptors (Lipinski definition) is 4. The number of aliphatic hydroxyl groups is 1. The third-order valence-corrected chi connectivity index (χ3v) is 3.11. The van der Waals surface area contributed by atoms with Gasteiger partial charge in [-0.1, -0.05) is 0 Å². The van der Waals surface area contributed by atoms with Gasteiger partial charge in [-0.15, -0.1) is 0 Å². The first kappa shape index (κ1) is 12.9. The lowest BCUT2D eigenvalue weighted by Crippen LogP contribution is -2.36. The molecule has 0 aliphatic carbocycles. The molecule has 4 heteroatoms. The fourth-order valence-electron chi connectivity index (χ4n) is 2.21. The molecule has 0 radical (unpaired) electrons. The molecule has 0 amide bonds. The van der Waals surface area contributed by atoms with Gasteiger partial charge in [-0.2, -0.15) is 0 Å². The summed E-state index contributed by atoms with van der Waals surface area (Å²) in [4.78, 5) is 2.35. The Morgan fingerprint density at radius 2 is 2.40 bits per heavy atom. The van der Waals surface area contributed by atoms with E-state index in [4.69, 9.17) is 15.6 Å². The van der Waals surface area contributed by atoms with Crippen LogP contribution < -0.4 is 5.73 Å². The molecule has 2 unspecified atom stereocenters. The van der Waals surface area contributed by atoms with Crippen molar-refractivity contribution in [3.8, 4) is 0 Å². The van der Waals surface area contributed by atoms with E-state index < -0.39 is 0 Å². The zero-order chi connectivity index (χ0) is 11.1. The molecule has 4 nitrogen and oxygen atoms in total. The third-order valence-electron chi connectivity index (χ3n) is 3.11. The highest BCUT2D eigenvalue weighted by Gasteiger charge is 2.23. The van der Waals surface area contributed by atoms with Gasteiger partial charge in [0.2, 0.25) is 0 Å².